The highest BCUT2D eigenvalue weighted by atomic mass is 19.1. The van der Waals surface area contributed by atoms with Crippen molar-refractivity contribution in [2.45, 2.75) is 6.92 Å². The fraction of sp³-hybridized carbons (Fsp3) is 0.0667. The maximum absolute atomic E-state index is 13.7. The number of rotatable bonds is 2. The van der Waals surface area contributed by atoms with Gasteiger partial charge in [0.15, 0.2) is 0 Å². The molecular formula is C15H12FN3O. The molecule has 0 saturated carbocycles. The summed E-state index contributed by atoms with van der Waals surface area (Å²) in [7, 11) is 0. The number of nitrogen functional groups attached to an aromatic ring is 1. The van der Waals surface area contributed by atoms with E-state index >= 15 is 0 Å². The van der Waals surface area contributed by atoms with Gasteiger partial charge in [-0.15, -0.1) is 0 Å². The summed E-state index contributed by atoms with van der Waals surface area (Å²) in [6.07, 6.45) is 3.31. The zero-order valence-electron chi connectivity index (χ0n) is 10.8. The molecule has 4 nitrogen and oxygen atoms in total. The Labute approximate surface area is 115 Å². The fourth-order valence-corrected chi connectivity index (χ4v) is 2.04. The number of benzene rings is 1. The highest BCUT2D eigenvalue weighted by Gasteiger charge is 2.17. The van der Waals surface area contributed by atoms with Crippen molar-refractivity contribution in [1.82, 2.24) is 10.1 Å². The van der Waals surface area contributed by atoms with Crippen molar-refractivity contribution in [1.29, 1.82) is 0 Å². The highest BCUT2D eigenvalue weighted by molar-refractivity contribution is 5.86. The molecule has 2 heterocycles. The van der Waals surface area contributed by atoms with Gasteiger partial charge in [-0.05, 0) is 36.2 Å². The molecule has 3 rings (SSSR count). The first-order valence-electron chi connectivity index (χ1n) is 6.09. The van der Waals surface area contributed by atoms with Gasteiger partial charge in [0.25, 0.3) is 0 Å². The van der Waals surface area contributed by atoms with Crippen LogP contribution in [-0.4, -0.2) is 10.1 Å². The van der Waals surface area contributed by atoms with Crippen LogP contribution >= 0.6 is 0 Å². The molecule has 0 fully saturated rings. The molecule has 0 bridgehead atoms. The van der Waals surface area contributed by atoms with Crippen LogP contribution in [0.15, 0.2) is 47.2 Å². The van der Waals surface area contributed by atoms with Crippen LogP contribution in [0.25, 0.3) is 22.4 Å². The van der Waals surface area contributed by atoms with Gasteiger partial charge in [-0.25, -0.2) is 4.39 Å². The first-order chi connectivity index (χ1) is 9.66. The molecule has 0 aliphatic carbocycles. The molecule has 0 aliphatic heterocycles. The van der Waals surface area contributed by atoms with Crippen LogP contribution in [0.4, 0.5) is 10.3 Å². The van der Waals surface area contributed by atoms with E-state index in [1.54, 1.807) is 43.6 Å². The predicted octanol–water partition coefficient (Wildman–Crippen LogP) is 3.43. The summed E-state index contributed by atoms with van der Waals surface area (Å²) < 4.78 is 18.8. The lowest BCUT2D eigenvalue weighted by atomic mass is 10.0. The van der Waals surface area contributed by atoms with E-state index in [-0.39, 0.29) is 11.7 Å². The van der Waals surface area contributed by atoms with Gasteiger partial charge >= 0.3 is 0 Å². The Hall–Kier alpha value is -2.69. The van der Waals surface area contributed by atoms with E-state index in [4.69, 9.17) is 10.3 Å². The zero-order valence-corrected chi connectivity index (χ0v) is 10.8. The van der Waals surface area contributed by atoms with Gasteiger partial charge in [0.1, 0.15) is 11.5 Å². The Balaban J connectivity index is 2.18. The molecule has 2 N–H and O–H groups in total. The third-order valence-electron chi connectivity index (χ3n) is 3.13. The third kappa shape index (κ3) is 2.03. The maximum Gasteiger partial charge on any atom is 0.230 e. The molecule has 20 heavy (non-hydrogen) atoms. The topological polar surface area (TPSA) is 64.9 Å². The van der Waals surface area contributed by atoms with E-state index in [2.05, 4.69) is 10.1 Å². The molecule has 0 aliphatic rings. The van der Waals surface area contributed by atoms with E-state index in [0.29, 0.717) is 22.4 Å². The van der Waals surface area contributed by atoms with Gasteiger partial charge in [0.2, 0.25) is 5.88 Å². The smallest absolute Gasteiger partial charge is 0.230 e. The number of hydrogen-bond acceptors (Lipinski definition) is 4. The Morgan fingerprint density at radius 2 is 1.85 bits per heavy atom. The number of aryl methyl sites for hydroxylation is 1. The molecular weight excluding hydrogens is 257 g/mol. The normalized spacial score (nSPS) is 10.7. The average molecular weight is 269 g/mol. The van der Waals surface area contributed by atoms with Gasteiger partial charge in [-0.1, -0.05) is 17.3 Å². The van der Waals surface area contributed by atoms with Crippen LogP contribution in [0.1, 0.15) is 5.56 Å². The Morgan fingerprint density at radius 3 is 2.55 bits per heavy atom. The first kappa shape index (κ1) is 12.3. The number of anilines is 1. The van der Waals surface area contributed by atoms with Crippen LogP contribution in [-0.2, 0) is 0 Å². The van der Waals surface area contributed by atoms with E-state index < -0.39 is 0 Å². The summed E-state index contributed by atoms with van der Waals surface area (Å²) >= 11 is 0. The summed E-state index contributed by atoms with van der Waals surface area (Å²) in [6, 6.07) is 8.53. The fourth-order valence-electron chi connectivity index (χ4n) is 2.04. The van der Waals surface area contributed by atoms with E-state index in [9.17, 15) is 4.39 Å². The minimum absolute atomic E-state index is 0.201. The lowest BCUT2D eigenvalue weighted by Crippen LogP contribution is -1.89. The second-order valence-corrected chi connectivity index (χ2v) is 4.47. The third-order valence-corrected chi connectivity index (χ3v) is 3.13. The molecule has 3 aromatic rings. The van der Waals surface area contributed by atoms with E-state index in [1.165, 1.54) is 6.07 Å². The monoisotopic (exact) mass is 269 g/mol. The van der Waals surface area contributed by atoms with Gasteiger partial charge in [-0.2, -0.15) is 0 Å². The van der Waals surface area contributed by atoms with Gasteiger partial charge < -0.3 is 10.3 Å². The minimum atomic E-state index is -0.287. The largest absolute Gasteiger partial charge is 0.367 e. The molecule has 0 saturated heterocycles. The van der Waals surface area contributed by atoms with Crippen LogP contribution < -0.4 is 5.73 Å². The lowest BCUT2D eigenvalue weighted by molar-refractivity contribution is 0.439. The van der Waals surface area contributed by atoms with Gasteiger partial charge in [0.05, 0.1) is 5.56 Å². The highest BCUT2D eigenvalue weighted by Crippen LogP contribution is 2.36. The van der Waals surface area contributed by atoms with Crippen molar-refractivity contribution in [2.75, 3.05) is 5.73 Å². The molecule has 1 aromatic carbocycles. The zero-order chi connectivity index (χ0) is 14.1. The molecule has 0 radical (unpaired) electrons. The summed E-state index contributed by atoms with van der Waals surface area (Å²) in [5, 5.41) is 3.95. The van der Waals surface area contributed by atoms with Crippen molar-refractivity contribution >= 4 is 5.88 Å². The Morgan fingerprint density at radius 1 is 1.10 bits per heavy atom. The maximum atomic E-state index is 13.7. The number of nitrogens with zero attached hydrogens (tertiary/aromatic N) is 2. The molecule has 0 unspecified atom stereocenters. The molecule has 0 amide bonds. The van der Waals surface area contributed by atoms with Crippen molar-refractivity contribution in [3.8, 4) is 22.4 Å². The number of aromatic nitrogens is 2. The van der Waals surface area contributed by atoms with Crippen molar-refractivity contribution in [3.05, 3.63) is 54.1 Å². The standard InChI is InChI=1S/C15H12FN3O/c1-9-2-3-11(8-12(9)16)14-13(15(17)20-19-14)10-4-6-18-7-5-10/h2-8H,17H2,1H3. The van der Waals surface area contributed by atoms with Crippen molar-refractivity contribution in [2.24, 2.45) is 0 Å². The summed E-state index contributed by atoms with van der Waals surface area (Å²) in [5.74, 6) is -0.0862. The Bertz CT molecular complexity index is 753. The molecule has 0 atom stereocenters. The first-order valence-corrected chi connectivity index (χ1v) is 6.09. The number of hydrogen-bond donors (Lipinski definition) is 1. The second-order valence-electron chi connectivity index (χ2n) is 4.47. The lowest BCUT2D eigenvalue weighted by Gasteiger charge is -2.04. The van der Waals surface area contributed by atoms with E-state index in [0.717, 1.165) is 5.56 Å². The van der Waals surface area contributed by atoms with E-state index in [1.807, 2.05) is 0 Å². The van der Waals surface area contributed by atoms with Crippen molar-refractivity contribution in [3.63, 3.8) is 0 Å². The number of pyridine rings is 1. The van der Waals surface area contributed by atoms with Gasteiger partial charge in [0, 0.05) is 18.0 Å². The van der Waals surface area contributed by atoms with Crippen LogP contribution in [0.2, 0.25) is 0 Å². The number of nitrogens with two attached hydrogens (primary N) is 1. The summed E-state index contributed by atoms with van der Waals surface area (Å²) in [6.45, 7) is 1.71. The predicted molar refractivity (Wildman–Crippen MR) is 74.3 cm³/mol. The summed E-state index contributed by atoms with van der Waals surface area (Å²) in [4.78, 5) is 3.96. The van der Waals surface area contributed by atoms with Crippen LogP contribution in [0.5, 0.6) is 0 Å². The Kier molecular flexibility index (Phi) is 2.95. The van der Waals surface area contributed by atoms with Gasteiger partial charge in [-0.3, -0.25) is 4.98 Å². The van der Waals surface area contributed by atoms with Crippen LogP contribution in [0.3, 0.4) is 0 Å². The summed E-state index contributed by atoms with van der Waals surface area (Å²) in [5.41, 5.74) is 9.04. The average Bonchev–Trinajstić information content (AvgIpc) is 2.85. The molecule has 5 heteroatoms. The van der Waals surface area contributed by atoms with Crippen LogP contribution in [0, 0.1) is 12.7 Å². The van der Waals surface area contributed by atoms with Crippen molar-refractivity contribution < 1.29 is 8.91 Å². The molecule has 0 spiro atoms. The SMILES string of the molecule is Cc1ccc(-c2noc(N)c2-c2ccncc2)cc1F. The molecule has 2 aromatic heterocycles. The number of halogens is 1. The molecule has 100 valence electrons. The second kappa shape index (κ2) is 4.77. The minimum Gasteiger partial charge on any atom is -0.367 e. The quantitative estimate of drug-likeness (QED) is 0.774.